The molecule has 1 aliphatic heterocycles. The van der Waals surface area contributed by atoms with Crippen molar-refractivity contribution >= 4 is 0 Å². The van der Waals surface area contributed by atoms with Crippen LogP contribution in [0.3, 0.4) is 0 Å². The predicted octanol–water partition coefficient (Wildman–Crippen LogP) is -0.233. The number of hydrogen-bond acceptors (Lipinski definition) is 2. The van der Waals surface area contributed by atoms with Crippen molar-refractivity contribution in [1.82, 2.24) is 10.4 Å². The summed E-state index contributed by atoms with van der Waals surface area (Å²) in [6, 6.07) is 0. The van der Waals surface area contributed by atoms with Crippen LogP contribution >= 0.6 is 0 Å². The minimum atomic E-state index is 0.413. The maximum atomic E-state index is 8.60. The zero-order chi connectivity index (χ0) is 5.11. The molecule has 0 saturated heterocycles. The van der Waals surface area contributed by atoms with E-state index < -0.39 is 0 Å². The number of rotatable bonds is 0. The maximum Gasteiger partial charge on any atom is 0.115 e. The van der Waals surface area contributed by atoms with Gasteiger partial charge in [-0.25, -0.2) is 0 Å². The van der Waals surface area contributed by atoms with Gasteiger partial charge in [0.25, 0.3) is 0 Å². The molecule has 0 aromatic heterocycles. The zero-order valence-electron chi connectivity index (χ0n) is 3.91. The molecule has 7 heavy (non-hydrogen) atoms. The molecule has 0 atom stereocenters. The molecule has 0 unspecified atom stereocenters. The first-order valence-corrected chi connectivity index (χ1v) is 2.15. The molecule has 0 aliphatic carbocycles. The van der Waals surface area contributed by atoms with Gasteiger partial charge >= 0.3 is 0 Å². The minimum Gasteiger partial charge on any atom is -0.312 e. The van der Waals surface area contributed by atoms with Crippen molar-refractivity contribution < 1.29 is 5.21 Å². The third kappa shape index (κ3) is 1.17. The molecular formula is C4H7N2O. The molecular weight excluding hydrogens is 92.1 g/mol. The van der Waals surface area contributed by atoms with E-state index in [0.717, 1.165) is 5.06 Å². The van der Waals surface area contributed by atoms with Gasteiger partial charge < -0.3 is 5.21 Å². The van der Waals surface area contributed by atoms with Crippen LogP contribution in [0.1, 0.15) is 0 Å². The Hall–Kier alpha value is -0.540. The Morgan fingerprint density at radius 2 is 2.57 bits per heavy atom. The fourth-order valence-corrected chi connectivity index (χ4v) is 0.442. The Morgan fingerprint density at radius 3 is 2.86 bits per heavy atom. The van der Waals surface area contributed by atoms with Crippen LogP contribution < -0.4 is 5.32 Å². The molecule has 0 fully saturated rings. The van der Waals surface area contributed by atoms with Crippen LogP contribution in [0.5, 0.6) is 0 Å². The van der Waals surface area contributed by atoms with Crippen LogP contribution in [0.4, 0.5) is 0 Å². The molecule has 0 aromatic rings. The quantitative estimate of drug-likeness (QED) is 0.455. The van der Waals surface area contributed by atoms with Gasteiger partial charge in [-0.3, -0.25) is 5.32 Å². The summed E-state index contributed by atoms with van der Waals surface area (Å²) in [5.41, 5.74) is 0. The highest BCUT2D eigenvalue weighted by Crippen LogP contribution is 1.86. The van der Waals surface area contributed by atoms with Crippen molar-refractivity contribution in [2.24, 2.45) is 0 Å². The first-order chi connectivity index (χ1) is 3.39. The Bertz CT molecular complexity index is 81.8. The molecule has 0 saturated carbocycles. The first-order valence-electron chi connectivity index (χ1n) is 2.15. The van der Waals surface area contributed by atoms with Gasteiger partial charge in [0.1, 0.15) is 6.67 Å². The van der Waals surface area contributed by atoms with Crippen LogP contribution in [-0.2, 0) is 0 Å². The second kappa shape index (κ2) is 1.95. The molecule has 0 spiro atoms. The van der Waals surface area contributed by atoms with E-state index in [1.807, 2.05) is 0 Å². The molecule has 0 amide bonds. The van der Waals surface area contributed by atoms with Gasteiger partial charge in [0, 0.05) is 12.7 Å². The van der Waals surface area contributed by atoms with Gasteiger partial charge in [0.2, 0.25) is 0 Å². The highest BCUT2D eigenvalue weighted by molar-refractivity contribution is 4.84. The lowest BCUT2D eigenvalue weighted by molar-refractivity contribution is -0.0881. The minimum absolute atomic E-state index is 0.413. The highest BCUT2D eigenvalue weighted by atomic mass is 16.5. The summed E-state index contributed by atoms with van der Waals surface area (Å²) in [7, 11) is 0. The molecule has 0 aromatic carbocycles. The monoisotopic (exact) mass is 99.1 g/mol. The Morgan fingerprint density at radius 1 is 1.71 bits per heavy atom. The fourth-order valence-electron chi connectivity index (χ4n) is 0.442. The molecule has 1 heterocycles. The van der Waals surface area contributed by atoms with E-state index in [-0.39, 0.29) is 0 Å². The van der Waals surface area contributed by atoms with Gasteiger partial charge in [-0.05, 0) is 0 Å². The maximum absolute atomic E-state index is 8.60. The van der Waals surface area contributed by atoms with Crippen LogP contribution in [0.2, 0.25) is 0 Å². The van der Waals surface area contributed by atoms with Crippen molar-refractivity contribution in [2.45, 2.75) is 0 Å². The molecule has 1 rings (SSSR count). The van der Waals surface area contributed by atoms with E-state index in [1.54, 1.807) is 12.3 Å². The van der Waals surface area contributed by atoms with E-state index in [0.29, 0.717) is 13.2 Å². The molecule has 3 heteroatoms. The Labute approximate surface area is 42.2 Å². The van der Waals surface area contributed by atoms with Crippen molar-refractivity contribution in [3.8, 4) is 0 Å². The van der Waals surface area contributed by atoms with E-state index in [9.17, 15) is 0 Å². The Balaban J connectivity index is 2.32. The lowest BCUT2D eigenvalue weighted by atomic mass is 10.5. The third-order valence-corrected chi connectivity index (χ3v) is 0.772. The van der Waals surface area contributed by atoms with E-state index >= 15 is 0 Å². The zero-order valence-corrected chi connectivity index (χ0v) is 3.91. The van der Waals surface area contributed by atoms with E-state index in [4.69, 9.17) is 5.21 Å². The van der Waals surface area contributed by atoms with Crippen molar-refractivity contribution in [2.75, 3.05) is 13.2 Å². The van der Waals surface area contributed by atoms with Crippen LogP contribution in [-0.4, -0.2) is 23.5 Å². The van der Waals surface area contributed by atoms with Crippen molar-refractivity contribution in [3.63, 3.8) is 0 Å². The summed E-state index contributed by atoms with van der Waals surface area (Å²) in [6.45, 7) is 1.01. The summed E-state index contributed by atoms with van der Waals surface area (Å²) >= 11 is 0. The molecule has 0 bridgehead atoms. The number of hydrogen-bond donors (Lipinski definition) is 1. The third-order valence-electron chi connectivity index (χ3n) is 0.772. The SMILES string of the molecule is ON1CC=C[N]C1. The van der Waals surface area contributed by atoms with Gasteiger partial charge in [-0.1, -0.05) is 6.08 Å². The molecule has 1 radical (unpaired) electrons. The second-order valence-corrected chi connectivity index (χ2v) is 1.40. The molecule has 3 nitrogen and oxygen atoms in total. The summed E-state index contributed by atoms with van der Waals surface area (Å²) in [4.78, 5) is 0. The summed E-state index contributed by atoms with van der Waals surface area (Å²) in [5, 5.41) is 13.5. The molecule has 39 valence electrons. The van der Waals surface area contributed by atoms with Gasteiger partial charge in [-0.2, -0.15) is 5.06 Å². The van der Waals surface area contributed by atoms with E-state index in [2.05, 4.69) is 5.32 Å². The lowest BCUT2D eigenvalue weighted by Gasteiger charge is -2.13. The van der Waals surface area contributed by atoms with Crippen molar-refractivity contribution in [1.29, 1.82) is 0 Å². The smallest absolute Gasteiger partial charge is 0.115 e. The van der Waals surface area contributed by atoms with Crippen LogP contribution in [0, 0.1) is 0 Å². The second-order valence-electron chi connectivity index (χ2n) is 1.40. The number of hydroxylamine groups is 2. The fraction of sp³-hybridized carbons (Fsp3) is 0.500. The average Bonchev–Trinajstić information content (AvgIpc) is 1.69. The summed E-state index contributed by atoms with van der Waals surface area (Å²) in [6.07, 6.45) is 3.50. The highest BCUT2D eigenvalue weighted by Gasteiger charge is 1.98. The average molecular weight is 99.1 g/mol. The largest absolute Gasteiger partial charge is 0.312 e. The van der Waals surface area contributed by atoms with Gasteiger partial charge in [0.05, 0.1) is 0 Å². The van der Waals surface area contributed by atoms with Crippen molar-refractivity contribution in [3.05, 3.63) is 12.3 Å². The van der Waals surface area contributed by atoms with Crippen LogP contribution in [0.25, 0.3) is 0 Å². The van der Waals surface area contributed by atoms with E-state index in [1.165, 1.54) is 0 Å². The lowest BCUT2D eigenvalue weighted by Crippen LogP contribution is -2.28. The summed E-state index contributed by atoms with van der Waals surface area (Å²) < 4.78 is 0. The van der Waals surface area contributed by atoms with Crippen LogP contribution in [0.15, 0.2) is 12.3 Å². The first kappa shape index (κ1) is 4.61. The topological polar surface area (TPSA) is 37.6 Å². The Kier molecular flexibility index (Phi) is 1.29. The molecule has 1 aliphatic rings. The summed E-state index contributed by atoms with van der Waals surface area (Å²) in [5.74, 6) is 0. The number of nitrogens with zero attached hydrogens (tertiary/aromatic N) is 2. The predicted molar refractivity (Wildman–Crippen MR) is 24.6 cm³/mol. The van der Waals surface area contributed by atoms with Gasteiger partial charge in [-0.15, -0.1) is 0 Å². The van der Waals surface area contributed by atoms with Gasteiger partial charge in [0.15, 0.2) is 0 Å². The standard InChI is InChI=1S/C4H7N2O/c7-6-3-1-2-5-4-6/h1-2,7H,3-4H2. The normalized spacial score (nSPS) is 21.9. The molecule has 1 N–H and O–H groups in total.